The predicted molar refractivity (Wildman–Crippen MR) is 109 cm³/mol. The largest absolute Gasteiger partial charge is 0.391 e. The number of hydrogen-bond acceptors (Lipinski definition) is 6. The van der Waals surface area contributed by atoms with Crippen molar-refractivity contribution in [3.05, 3.63) is 35.5 Å². The Morgan fingerprint density at radius 1 is 1.20 bits per heavy atom. The molecule has 0 spiro atoms. The van der Waals surface area contributed by atoms with E-state index in [0.717, 1.165) is 26.4 Å². The average molecular weight is 435 g/mol. The van der Waals surface area contributed by atoms with Gasteiger partial charge in [-0.2, -0.15) is 13.2 Å². The van der Waals surface area contributed by atoms with E-state index in [4.69, 9.17) is 0 Å². The molecule has 30 heavy (non-hydrogen) atoms. The second-order valence-corrected chi connectivity index (χ2v) is 8.58. The fourth-order valence-electron chi connectivity index (χ4n) is 3.56. The number of piperidine rings is 1. The fraction of sp³-hybridized carbons (Fsp3) is 0.400. The Morgan fingerprint density at radius 2 is 1.97 bits per heavy atom. The molecule has 1 aliphatic heterocycles. The number of amides is 1. The number of alkyl halides is 3. The number of rotatable bonds is 4. The molecule has 2 aromatic heterocycles. The van der Waals surface area contributed by atoms with Gasteiger partial charge in [0, 0.05) is 17.1 Å². The number of hydrogen-bond donors (Lipinski definition) is 1. The first-order valence-electron chi connectivity index (χ1n) is 9.57. The maximum Gasteiger partial charge on any atom is 0.391 e. The number of halogens is 3. The zero-order chi connectivity index (χ0) is 21.3. The van der Waals surface area contributed by atoms with Crippen LogP contribution in [0.15, 0.2) is 30.5 Å². The Kier molecular flexibility index (Phi) is 5.70. The van der Waals surface area contributed by atoms with Crippen LogP contribution in [0.2, 0.25) is 0 Å². The van der Waals surface area contributed by atoms with Crippen LogP contribution in [-0.2, 0) is 4.79 Å². The first-order chi connectivity index (χ1) is 14.3. The monoisotopic (exact) mass is 435 g/mol. The Hall–Kier alpha value is -2.59. The molecule has 0 radical (unpaired) electrons. The summed E-state index contributed by atoms with van der Waals surface area (Å²) in [6.07, 6.45) is -2.43. The van der Waals surface area contributed by atoms with E-state index in [9.17, 15) is 18.0 Å². The van der Waals surface area contributed by atoms with Gasteiger partial charge in [-0.25, -0.2) is 4.98 Å². The first-order valence-corrected chi connectivity index (χ1v) is 10.4. The molecule has 3 heterocycles. The number of anilines is 1. The van der Waals surface area contributed by atoms with Gasteiger partial charge in [0.1, 0.15) is 15.8 Å². The maximum atomic E-state index is 12.8. The summed E-state index contributed by atoms with van der Waals surface area (Å²) in [6, 6.07) is 7.63. The lowest BCUT2D eigenvalue weighted by Crippen LogP contribution is -2.42. The fourth-order valence-corrected chi connectivity index (χ4v) is 4.25. The second kappa shape index (κ2) is 8.27. The van der Waals surface area contributed by atoms with E-state index >= 15 is 0 Å². The summed E-state index contributed by atoms with van der Waals surface area (Å²) >= 11 is 1.50. The molecule has 10 heteroatoms. The molecule has 6 nitrogen and oxygen atoms in total. The minimum atomic E-state index is -4.16. The number of carbonyl (C=O) groups is 1. The highest BCUT2D eigenvalue weighted by molar-refractivity contribution is 7.14. The number of aryl methyl sites for hydroxylation is 1. The molecule has 1 aromatic carbocycles. The molecule has 1 amide bonds. The van der Waals surface area contributed by atoms with Gasteiger partial charge in [-0.1, -0.05) is 23.5 Å². The van der Waals surface area contributed by atoms with E-state index in [0.29, 0.717) is 5.82 Å². The summed E-state index contributed by atoms with van der Waals surface area (Å²) in [5.41, 5.74) is 0.934. The number of fused-ring (bicyclic) bond motifs is 1. The normalized spacial score (nSPS) is 16.1. The van der Waals surface area contributed by atoms with Crippen molar-refractivity contribution in [2.75, 3.05) is 25.0 Å². The van der Waals surface area contributed by atoms with Gasteiger partial charge >= 0.3 is 6.18 Å². The van der Waals surface area contributed by atoms with Crippen LogP contribution in [0.25, 0.3) is 21.3 Å². The van der Waals surface area contributed by atoms with E-state index in [2.05, 4.69) is 20.5 Å². The molecule has 1 fully saturated rings. The number of nitrogens with one attached hydrogen (secondary N) is 1. The van der Waals surface area contributed by atoms with Crippen molar-refractivity contribution >= 4 is 33.8 Å². The molecule has 1 saturated heterocycles. The molecule has 158 valence electrons. The van der Waals surface area contributed by atoms with Crippen molar-refractivity contribution in [2.45, 2.75) is 25.9 Å². The van der Waals surface area contributed by atoms with Gasteiger partial charge in [0.15, 0.2) is 0 Å². The molecular formula is C20H20F3N5OS. The third-order valence-electron chi connectivity index (χ3n) is 5.18. The topological polar surface area (TPSA) is 71.0 Å². The number of likely N-dealkylation sites (tertiary alicyclic amines) is 1. The molecule has 0 saturated carbocycles. The molecular weight excluding hydrogens is 415 g/mol. The predicted octanol–water partition coefficient (Wildman–Crippen LogP) is 4.27. The first kappa shape index (κ1) is 20.7. The van der Waals surface area contributed by atoms with E-state index in [1.807, 2.05) is 25.1 Å². The third-order valence-corrected chi connectivity index (χ3v) is 6.07. The van der Waals surface area contributed by atoms with Gasteiger partial charge in [-0.3, -0.25) is 9.69 Å². The Morgan fingerprint density at radius 3 is 2.63 bits per heavy atom. The zero-order valence-electron chi connectivity index (χ0n) is 16.2. The van der Waals surface area contributed by atoms with Gasteiger partial charge in [0.05, 0.1) is 12.5 Å². The molecule has 0 atom stereocenters. The summed E-state index contributed by atoms with van der Waals surface area (Å²) in [5.74, 6) is -1.16. The van der Waals surface area contributed by atoms with Crippen molar-refractivity contribution < 1.29 is 18.0 Å². The molecule has 0 bridgehead atoms. The van der Waals surface area contributed by atoms with Crippen LogP contribution in [0.5, 0.6) is 0 Å². The molecule has 0 aliphatic carbocycles. The van der Waals surface area contributed by atoms with E-state index in [1.54, 1.807) is 17.2 Å². The number of nitrogens with zero attached hydrogens (tertiary/aromatic N) is 4. The minimum Gasteiger partial charge on any atom is -0.310 e. The van der Waals surface area contributed by atoms with Gasteiger partial charge in [0.25, 0.3) is 0 Å². The molecule has 0 unspecified atom stereocenters. The minimum absolute atomic E-state index is 0.0267. The standard InChI is InChI=1S/C20H20F3N5OS/c1-12-26-27-19(30-12)13-2-3-14-10-24-17(9-15(14)8-13)25-18(29)11-28-6-4-16(5-7-28)20(21,22)23/h2-3,8-10,16H,4-7,11H2,1H3,(H,24,25,29). The van der Waals surface area contributed by atoms with Gasteiger partial charge in [-0.05, 0) is 50.4 Å². The summed E-state index contributed by atoms with van der Waals surface area (Å²) in [5, 5.41) is 14.5. The highest BCUT2D eigenvalue weighted by atomic mass is 32.1. The third kappa shape index (κ3) is 4.76. The molecule has 4 rings (SSSR count). The van der Waals surface area contributed by atoms with Gasteiger partial charge in [-0.15, -0.1) is 10.2 Å². The van der Waals surface area contributed by atoms with Crippen molar-refractivity contribution in [3.63, 3.8) is 0 Å². The maximum absolute atomic E-state index is 12.8. The van der Waals surface area contributed by atoms with Crippen molar-refractivity contribution in [1.29, 1.82) is 0 Å². The van der Waals surface area contributed by atoms with Gasteiger partial charge < -0.3 is 5.32 Å². The number of aromatic nitrogens is 3. The quantitative estimate of drug-likeness (QED) is 0.663. The van der Waals surface area contributed by atoms with Crippen molar-refractivity contribution in [1.82, 2.24) is 20.1 Å². The van der Waals surface area contributed by atoms with E-state index in [1.165, 1.54) is 11.3 Å². The zero-order valence-corrected chi connectivity index (χ0v) is 17.1. The highest BCUT2D eigenvalue weighted by Gasteiger charge is 2.41. The smallest absolute Gasteiger partial charge is 0.310 e. The van der Waals surface area contributed by atoms with Crippen LogP contribution in [-0.4, -0.2) is 51.8 Å². The summed E-state index contributed by atoms with van der Waals surface area (Å²) in [6.45, 7) is 2.46. The van der Waals surface area contributed by atoms with Crippen LogP contribution in [0.1, 0.15) is 17.8 Å². The Bertz CT molecular complexity index is 1060. The van der Waals surface area contributed by atoms with Crippen molar-refractivity contribution in [2.24, 2.45) is 5.92 Å². The lowest BCUT2D eigenvalue weighted by molar-refractivity contribution is -0.184. The van der Waals surface area contributed by atoms with E-state index in [-0.39, 0.29) is 38.4 Å². The molecule has 3 aromatic rings. The lowest BCUT2D eigenvalue weighted by Gasteiger charge is -2.32. The highest BCUT2D eigenvalue weighted by Crippen LogP contribution is 2.34. The average Bonchev–Trinajstić information content (AvgIpc) is 3.13. The van der Waals surface area contributed by atoms with Crippen LogP contribution in [0.3, 0.4) is 0 Å². The van der Waals surface area contributed by atoms with Crippen LogP contribution >= 0.6 is 11.3 Å². The molecule has 1 N–H and O–H groups in total. The van der Waals surface area contributed by atoms with Crippen LogP contribution < -0.4 is 5.32 Å². The van der Waals surface area contributed by atoms with Gasteiger partial charge in [0.2, 0.25) is 5.91 Å². The van der Waals surface area contributed by atoms with Crippen LogP contribution in [0.4, 0.5) is 19.0 Å². The number of benzene rings is 1. The summed E-state index contributed by atoms with van der Waals surface area (Å²) in [7, 11) is 0. The van der Waals surface area contributed by atoms with E-state index < -0.39 is 12.1 Å². The summed E-state index contributed by atoms with van der Waals surface area (Å²) < 4.78 is 38.3. The second-order valence-electron chi connectivity index (χ2n) is 7.40. The Balaban J connectivity index is 1.40. The molecule has 1 aliphatic rings. The lowest BCUT2D eigenvalue weighted by atomic mass is 9.96. The Labute approximate surface area is 175 Å². The number of pyridine rings is 1. The van der Waals surface area contributed by atoms with Crippen LogP contribution in [0, 0.1) is 12.8 Å². The number of carbonyl (C=O) groups excluding carboxylic acids is 1. The SMILES string of the molecule is Cc1nnc(-c2ccc3cnc(NC(=O)CN4CCC(C(F)(F)F)CC4)cc3c2)s1. The summed E-state index contributed by atoms with van der Waals surface area (Å²) in [4.78, 5) is 18.4. The van der Waals surface area contributed by atoms with Crippen molar-refractivity contribution in [3.8, 4) is 10.6 Å².